The highest BCUT2D eigenvalue weighted by molar-refractivity contribution is 14.0. The van der Waals surface area contributed by atoms with Gasteiger partial charge in [-0.05, 0) is 41.4 Å². The predicted molar refractivity (Wildman–Crippen MR) is 120 cm³/mol. The minimum atomic E-state index is -0.985. The van der Waals surface area contributed by atoms with E-state index in [1.54, 1.807) is 11.3 Å². The number of nitrogens with one attached hydrogen (secondary N) is 2. The van der Waals surface area contributed by atoms with Crippen LogP contribution in [0.15, 0.2) is 57.0 Å². The molecule has 2 N–H and O–H groups in total. The maximum Gasteiger partial charge on any atom is 0.191 e. The highest BCUT2D eigenvalue weighted by Gasteiger charge is 2.07. The fraction of sp³-hybridized carbons (Fsp3) is 0.389. The minimum absolute atomic E-state index is 0. The van der Waals surface area contributed by atoms with Crippen molar-refractivity contribution in [3.63, 3.8) is 0 Å². The lowest BCUT2D eigenvalue weighted by molar-refractivity contribution is 0.681. The third-order valence-corrected chi connectivity index (χ3v) is 5.64. The number of guanidine groups is 1. The summed E-state index contributed by atoms with van der Waals surface area (Å²) in [5.74, 6) is 1.74. The number of hydrogen-bond acceptors (Lipinski definition) is 3. The Morgan fingerprint density at radius 3 is 2.64 bits per heavy atom. The zero-order valence-electron chi connectivity index (χ0n) is 14.6. The Labute approximate surface area is 174 Å². The van der Waals surface area contributed by atoms with Crippen molar-refractivity contribution in [1.29, 1.82) is 0 Å². The predicted octanol–water partition coefficient (Wildman–Crippen LogP) is 3.83. The zero-order valence-corrected chi connectivity index (χ0v) is 18.6. The van der Waals surface area contributed by atoms with Crippen molar-refractivity contribution in [3.8, 4) is 0 Å². The van der Waals surface area contributed by atoms with Crippen LogP contribution in [0.2, 0.25) is 0 Å². The van der Waals surface area contributed by atoms with Crippen LogP contribution in [-0.4, -0.2) is 35.6 Å². The van der Waals surface area contributed by atoms with Crippen molar-refractivity contribution in [3.05, 3.63) is 52.7 Å². The summed E-state index contributed by atoms with van der Waals surface area (Å²) in [5, 5.41) is 10.8. The summed E-state index contributed by atoms with van der Waals surface area (Å²) < 4.78 is 12.2. The number of aliphatic imine (C=N–C) groups is 1. The minimum Gasteiger partial charge on any atom is -0.357 e. The Hall–Kier alpha value is -0.930. The molecule has 0 aliphatic carbocycles. The number of rotatable bonds is 8. The molecule has 0 fully saturated rings. The van der Waals surface area contributed by atoms with Gasteiger partial charge in [-0.15, -0.1) is 24.0 Å². The van der Waals surface area contributed by atoms with Gasteiger partial charge in [-0.2, -0.15) is 11.3 Å². The lowest BCUT2D eigenvalue weighted by Gasteiger charge is -2.13. The first-order valence-electron chi connectivity index (χ1n) is 8.18. The van der Waals surface area contributed by atoms with Crippen molar-refractivity contribution >= 4 is 52.1 Å². The van der Waals surface area contributed by atoms with E-state index in [4.69, 9.17) is 0 Å². The normalized spacial score (nSPS) is 13.6. The maximum atomic E-state index is 12.2. The molecule has 138 valence electrons. The molecule has 25 heavy (non-hydrogen) atoms. The van der Waals surface area contributed by atoms with Gasteiger partial charge in [-0.1, -0.05) is 25.1 Å². The highest BCUT2D eigenvalue weighted by Crippen LogP contribution is 2.18. The molecule has 2 rings (SSSR count). The standard InChI is InChI=1S/C18H25N3OS2.HI/c1-3-19-18(21-13-15(2)16-9-11-23-14-16)20-10-12-24(22)17-7-5-4-6-8-17;/h4-9,11,14-15H,3,10,12-13H2,1-2H3,(H2,19,20,21);1H. The first-order valence-corrected chi connectivity index (χ1v) is 10.4. The molecule has 0 spiro atoms. The second-order valence-corrected chi connectivity index (χ2v) is 7.82. The van der Waals surface area contributed by atoms with Crippen LogP contribution in [0.3, 0.4) is 0 Å². The van der Waals surface area contributed by atoms with E-state index in [1.807, 2.05) is 37.3 Å². The molecule has 4 nitrogen and oxygen atoms in total. The third kappa shape index (κ3) is 7.87. The smallest absolute Gasteiger partial charge is 0.191 e. The molecular weight excluding hydrogens is 465 g/mol. The molecule has 2 atom stereocenters. The summed E-state index contributed by atoms with van der Waals surface area (Å²) in [5.41, 5.74) is 1.32. The number of benzene rings is 1. The van der Waals surface area contributed by atoms with Gasteiger partial charge in [0.05, 0.1) is 10.8 Å². The van der Waals surface area contributed by atoms with Gasteiger partial charge in [-0.3, -0.25) is 9.20 Å². The molecule has 0 saturated heterocycles. The van der Waals surface area contributed by atoms with Crippen molar-refractivity contribution in [2.24, 2.45) is 4.99 Å². The molecule has 0 bridgehead atoms. The monoisotopic (exact) mass is 491 g/mol. The van der Waals surface area contributed by atoms with Crippen molar-refractivity contribution in [2.75, 3.05) is 25.4 Å². The molecule has 0 saturated carbocycles. The molecule has 2 aromatic rings. The average Bonchev–Trinajstić information content (AvgIpc) is 3.14. The molecule has 0 amide bonds. The van der Waals surface area contributed by atoms with Crippen molar-refractivity contribution < 1.29 is 4.21 Å². The van der Waals surface area contributed by atoms with E-state index in [2.05, 4.69) is 39.4 Å². The number of halogens is 1. The van der Waals surface area contributed by atoms with Gasteiger partial charge in [-0.25, -0.2) is 0 Å². The van der Waals surface area contributed by atoms with Crippen LogP contribution >= 0.6 is 35.3 Å². The molecule has 0 aliphatic rings. The third-order valence-electron chi connectivity index (χ3n) is 3.57. The average molecular weight is 491 g/mol. The Bertz CT molecular complexity index is 648. The van der Waals surface area contributed by atoms with Gasteiger partial charge in [0.1, 0.15) is 0 Å². The molecule has 1 aromatic heterocycles. The van der Waals surface area contributed by atoms with Crippen LogP contribution in [0.4, 0.5) is 0 Å². The second kappa shape index (κ2) is 12.4. The second-order valence-electron chi connectivity index (χ2n) is 5.47. The summed E-state index contributed by atoms with van der Waals surface area (Å²) >= 11 is 1.71. The van der Waals surface area contributed by atoms with Gasteiger partial charge in [0, 0.05) is 36.2 Å². The molecule has 0 aliphatic heterocycles. The molecule has 1 aromatic carbocycles. The summed E-state index contributed by atoms with van der Waals surface area (Å²) in [6, 6.07) is 11.7. The molecule has 2 unspecified atom stereocenters. The lowest BCUT2D eigenvalue weighted by Crippen LogP contribution is -2.39. The summed E-state index contributed by atoms with van der Waals surface area (Å²) in [6.45, 7) is 6.38. The Morgan fingerprint density at radius 1 is 1.24 bits per heavy atom. The summed E-state index contributed by atoms with van der Waals surface area (Å²) in [4.78, 5) is 5.51. The first-order chi connectivity index (χ1) is 11.7. The van der Waals surface area contributed by atoms with Gasteiger partial charge in [0.25, 0.3) is 0 Å². The summed E-state index contributed by atoms with van der Waals surface area (Å²) in [6.07, 6.45) is 0. The van der Waals surface area contributed by atoms with E-state index in [-0.39, 0.29) is 24.0 Å². The van der Waals surface area contributed by atoms with Crippen LogP contribution in [0.5, 0.6) is 0 Å². The molecule has 1 heterocycles. The quantitative estimate of drug-likeness (QED) is 0.335. The largest absolute Gasteiger partial charge is 0.357 e. The van der Waals surface area contributed by atoms with Crippen molar-refractivity contribution in [2.45, 2.75) is 24.7 Å². The van der Waals surface area contributed by atoms with Crippen LogP contribution in [0, 0.1) is 0 Å². The first kappa shape index (κ1) is 22.1. The molecular formula is C18H26IN3OS2. The summed E-state index contributed by atoms with van der Waals surface area (Å²) in [7, 11) is -0.985. The number of nitrogens with zero attached hydrogens (tertiary/aromatic N) is 1. The lowest BCUT2D eigenvalue weighted by atomic mass is 10.1. The van der Waals surface area contributed by atoms with E-state index in [1.165, 1.54) is 5.56 Å². The topological polar surface area (TPSA) is 53.5 Å². The van der Waals surface area contributed by atoms with Crippen LogP contribution in [-0.2, 0) is 10.8 Å². The van der Waals surface area contributed by atoms with Gasteiger partial charge in [0.2, 0.25) is 0 Å². The van der Waals surface area contributed by atoms with Crippen LogP contribution in [0.1, 0.15) is 25.3 Å². The van der Waals surface area contributed by atoms with E-state index in [0.717, 1.165) is 23.9 Å². The van der Waals surface area contributed by atoms with Crippen molar-refractivity contribution in [1.82, 2.24) is 10.6 Å². The fourth-order valence-electron chi connectivity index (χ4n) is 2.18. The number of thiophene rings is 1. The Morgan fingerprint density at radius 2 is 2.00 bits per heavy atom. The van der Waals surface area contributed by atoms with E-state index in [0.29, 0.717) is 18.2 Å². The highest BCUT2D eigenvalue weighted by atomic mass is 127. The number of hydrogen-bond donors (Lipinski definition) is 2. The van der Waals surface area contributed by atoms with Crippen LogP contribution < -0.4 is 10.6 Å². The fourth-order valence-corrected chi connectivity index (χ4v) is 3.95. The van der Waals surface area contributed by atoms with E-state index >= 15 is 0 Å². The van der Waals surface area contributed by atoms with Gasteiger partial charge in [0.15, 0.2) is 5.96 Å². The maximum absolute atomic E-state index is 12.2. The van der Waals surface area contributed by atoms with Gasteiger partial charge >= 0.3 is 0 Å². The Kier molecular flexibility index (Phi) is 11.0. The SMILES string of the molecule is CCNC(=NCC(C)c1ccsc1)NCCS(=O)c1ccccc1.I. The van der Waals surface area contributed by atoms with E-state index < -0.39 is 10.8 Å². The van der Waals surface area contributed by atoms with E-state index in [9.17, 15) is 4.21 Å². The molecule has 7 heteroatoms. The zero-order chi connectivity index (χ0) is 17.2. The van der Waals surface area contributed by atoms with Crippen LogP contribution in [0.25, 0.3) is 0 Å². The Balaban J connectivity index is 0.00000312. The molecule has 0 radical (unpaired) electrons. The van der Waals surface area contributed by atoms with Gasteiger partial charge < -0.3 is 10.6 Å².